The first-order chi connectivity index (χ1) is 16.5. The maximum absolute atomic E-state index is 13.1. The van der Waals surface area contributed by atoms with Gasteiger partial charge in [0.2, 0.25) is 5.95 Å². The van der Waals surface area contributed by atoms with Crippen molar-refractivity contribution in [3.63, 3.8) is 0 Å². The molecule has 0 amide bonds. The van der Waals surface area contributed by atoms with E-state index in [1.807, 2.05) is 12.1 Å². The van der Waals surface area contributed by atoms with Crippen LogP contribution in [-0.2, 0) is 25.4 Å². The molecule has 1 fully saturated rings. The smallest absolute Gasteiger partial charge is 0.263 e. The molecule has 2 aromatic carbocycles. The molecule has 1 saturated carbocycles. The second-order valence-corrected chi connectivity index (χ2v) is 11.3. The highest BCUT2D eigenvalue weighted by molar-refractivity contribution is 14.1. The lowest BCUT2D eigenvalue weighted by molar-refractivity contribution is 0.304. The van der Waals surface area contributed by atoms with Crippen molar-refractivity contribution < 1.29 is 0 Å². The first-order valence-electron chi connectivity index (χ1n) is 12.4. The molecule has 176 valence electrons. The summed E-state index contributed by atoms with van der Waals surface area (Å²) in [4.78, 5) is 13.1. The SMILES string of the molecule is Cn1c(N2C[C@@]3(CCc4ccccc43)C(c3ccc(I)cc3)=N2)nn(CC2CCCCC2)c1=O. The summed E-state index contributed by atoms with van der Waals surface area (Å²) >= 11 is 2.35. The molecule has 1 spiro atoms. The van der Waals surface area contributed by atoms with Gasteiger partial charge in [0.05, 0.1) is 17.7 Å². The lowest BCUT2D eigenvalue weighted by Crippen LogP contribution is -2.37. The van der Waals surface area contributed by atoms with Gasteiger partial charge >= 0.3 is 5.69 Å². The zero-order chi connectivity index (χ0) is 23.3. The molecule has 3 aliphatic rings. The van der Waals surface area contributed by atoms with Crippen LogP contribution in [0, 0.1) is 9.49 Å². The van der Waals surface area contributed by atoms with E-state index >= 15 is 0 Å². The topological polar surface area (TPSA) is 55.4 Å². The van der Waals surface area contributed by atoms with E-state index in [4.69, 9.17) is 10.2 Å². The van der Waals surface area contributed by atoms with Crippen molar-refractivity contribution in [2.75, 3.05) is 11.6 Å². The van der Waals surface area contributed by atoms with Gasteiger partial charge in [0, 0.05) is 17.2 Å². The van der Waals surface area contributed by atoms with Gasteiger partial charge in [-0.2, -0.15) is 5.10 Å². The van der Waals surface area contributed by atoms with Crippen LogP contribution in [0.1, 0.15) is 55.2 Å². The van der Waals surface area contributed by atoms with Crippen molar-refractivity contribution in [3.05, 3.63) is 79.3 Å². The van der Waals surface area contributed by atoms with E-state index in [0.717, 1.165) is 24.1 Å². The monoisotopic (exact) mass is 567 g/mol. The number of hydrogen-bond donors (Lipinski definition) is 0. The highest BCUT2D eigenvalue weighted by Crippen LogP contribution is 2.46. The molecule has 0 radical (unpaired) electrons. The van der Waals surface area contributed by atoms with Gasteiger partial charge in [0.15, 0.2) is 0 Å². The Morgan fingerprint density at radius 3 is 2.62 bits per heavy atom. The Labute approximate surface area is 213 Å². The van der Waals surface area contributed by atoms with Gasteiger partial charge in [-0.25, -0.2) is 14.5 Å². The summed E-state index contributed by atoms with van der Waals surface area (Å²) in [7, 11) is 1.83. The van der Waals surface area contributed by atoms with Gasteiger partial charge in [-0.3, -0.25) is 4.57 Å². The predicted molar refractivity (Wildman–Crippen MR) is 144 cm³/mol. The van der Waals surface area contributed by atoms with Crippen molar-refractivity contribution in [1.82, 2.24) is 14.3 Å². The minimum atomic E-state index is -0.188. The van der Waals surface area contributed by atoms with Gasteiger partial charge in [0.1, 0.15) is 0 Å². The molecule has 1 aromatic heterocycles. The van der Waals surface area contributed by atoms with Crippen molar-refractivity contribution in [1.29, 1.82) is 0 Å². The van der Waals surface area contributed by atoms with Crippen molar-refractivity contribution in [3.8, 4) is 0 Å². The molecule has 34 heavy (non-hydrogen) atoms. The molecule has 2 aliphatic carbocycles. The average Bonchev–Trinajstić information content (AvgIpc) is 3.51. The molecule has 0 N–H and O–H groups in total. The molecule has 1 atom stereocenters. The lowest BCUT2D eigenvalue weighted by atomic mass is 9.75. The number of rotatable bonds is 4. The quantitative estimate of drug-likeness (QED) is 0.423. The number of aromatic nitrogens is 3. The van der Waals surface area contributed by atoms with Gasteiger partial charge in [-0.1, -0.05) is 55.7 Å². The van der Waals surface area contributed by atoms with Gasteiger partial charge in [-0.15, -0.1) is 5.10 Å². The first kappa shape index (κ1) is 22.1. The number of hydrogen-bond acceptors (Lipinski definition) is 4. The van der Waals surface area contributed by atoms with Gasteiger partial charge < -0.3 is 0 Å². The second kappa shape index (κ2) is 8.66. The third-order valence-corrected chi connectivity index (χ3v) is 8.69. The van der Waals surface area contributed by atoms with E-state index in [0.29, 0.717) is 25.0 Å². The van der Waals surface area contributed by atoms with Crippen LogP contribution in [0.3, 0.4) is 0 Å². The van der Waals surface area contributed by atoms with E-state index in [1.165, 1.54) is 46.8 Å². The number of nitrogens with zero attached hydrogens (tertiary/aromatic N) is 5. The van der Waals surface area contributed by atoms with Crippen molar-refractivity contribution in [2.24, 2.45) is 18.1 Å². The van der Waals surface area contributed by atoms with Crippen LogP contribution in [0.2, 0.25) is 0 Å². The summed E-state index contributed by atoms with van der Waals surface area (Å²) in [6, 6.07) is 17.4. The maximum atomic E-state index is 13.1. The molecule has 2 heterocycles. The second-order valence-electron chi connectivity index (χ2n) is 10.1. The zero-order valence-corrected chi connectivity index (χ0v) is 21.7. The molecule has 6 nitrogen and oxygen atoms in total. The summed E-state index contributed by atoms with van der Waals surface area (Å²) in [6.45, 7) is 1.42. The van der Waals surface area contributed by atoms with E-state index in [1.54, 1.807) is 9.25 Å². The minimum Gasteiger partial charge on any atom is -0.263 e. The number of halogens is 1. The first-order valence-corrected chi connectivity index (χ1v) is 13.5. The van der Waals surface area contributed by atoms with Crippen molar-refractivity contribution in [2.45, 2.75) is 56.9 Å². The molecule has 0 bridgehead atoms. The molecule has 3 aromatic rings. The molecule has 7 heteroatoms. The Morgan fingerprint density at radius 2 is 1.82 bits per heavy atom. The lowest BCUT2D eigenvalue weighted by Gasteiger charge is -2.27. The largest absolute Gasteiger partial charge is 0.347 e. The Balaban J connectivity index is 1.41. The predicted octanol–water partition coefficient (Wildman–Crippen LogP) is 4.88. The summed E-state index contributed by atoms with van der Waals surface area (Å²) in [5.41, 5.74) is 4.77. The van der Waals surface area contributed by atoms with Crippen LogP contribution in [0.4, 0.5) is 5.95 Å². The van der Waals surface area contributed by atoms with Gasteiger partial charge in [0.25, 0.3) is 0 Å². The Kier molecular flexibility index (Phi) is 5.62. The van der Waals surface area contributed by atoms with Crippen LogP contribution < -0.4 is 10.7 Å². The van der Waals surface area contributed by atoms with Crippen LogP contribution in [-0.4, -0.2) is 26.6 Å². The molecular formula is C27H30IN5O. The summed E-state index contributed by atoms with van der Waals surface area (Å²) in [5.74, 6) is 1.19. The molecule has 0 unspecified atom stereocenters. The fourth-order valence-electron chi connectivity index (χ4n) is 6.17. The fraction of sp³-hybridized carbons (Fsp3) is 0.444. The minimum absolute atomic E-state index is 0.0423. The van der Waals surface area contributed by atoms with E-state index in [-0.39, 0.29) is 11.1 Å². The standard InChI is InChI=1S/C27H30IN5O/c1-31-25(30-32(26(31)34)17-19-7-3-2-4-8-19)33-18-27(16-15-20-9-5-6-10-23(20)27)24(29-33)21-11-13-22(28)14-12-21/h5-6,9-14,19H,2-4,7-8,15-18H2,1H3/t27-/m1/s1. The zero-order valence-electron chi connectivity index (χ0n) is 19.6. The number of benzene rings is 2. The number of fused-ring (bicyclic) bond motifs is 2. The Hall–Kier alpha value is -2.42. The third kappa shape index (κ3) is 3.63. The summed E-state index contributed by atoms with van der Waals surface area (Å²) in [6.07, 6.45) is 8.28. The van der Waals surface area contributed by atoms with Crippen LogP contribution in [0.25, 0.3) is 0 Å². The third-order valence-electron chi connectivity index (χ3n) is 7.97. The normalized spacial score (nSPS) is 22.4. The molecular weight excluding hydrogens is 537 g/mol. The van der Waals surface area contributed by atoms with E-state index in [2.05, 4.69) is 71.1 Å². The molecule has 0 saturated heterocycles. The highest BCUT2D eigenvalue weighted by Gasteiger charge is 2.49. The van der Waals surface area contributed by atoms with E-state index < -0.39 is 0 Å². The van der Waals surface area contributed by atoms with Crippen molar-refractivity contribution >= 4 is 34.3 Å². The highest BCUT2D eigenvalue weighted by atomic mass is 127. The van der Waals surface area contributed by atoms with Crippen LogP contribution >= 0.6 is 22.6 Å². The van der Waals surface area contributed by atoms with E-state index in [9.17, 15) is 4.79 Å². The summed E-state index contributed by atoms with van der Waals surface area (Å²) in [5, 5.41) is 12.0. The van der Waals surface area contributed by atoms with Crippen LogP contribution in [0.5, 0.6) is 0 Å². The Bertz CT molecular complexity index is 1300. The fourth-order valence-corrected chi connectivity index (χ4v) is 6.53. The maximum Gasteiger partial charge on any atom is 0.347 e. The van der Waals surface area contributed by atoms with Crippen LogP contribution in [0.15, 0.2) is 58.4 Å². The molecule has 6 rings (SSSR count). The van der Waals surface area contributed by atoms with Gasteiger partial charge in [-0.05, 0) is 83.0 Å². The summed E-state index contributed by atoms with van der Waals surface area (Å²) < 4.78 is 4.57. The number of hydrazone groups is 1. The average molecular weight is 567 g/mol. The number of anilines is 1. The molecule has 1 aliphatic heterocycles. The Morgan fingerprint density at radius 1 is 1.06 bits per heavy atom. The number of aryl methyl sites for hydroxylation is 1.